The minimum Gasteiger partial charge on any atom is -0.309 e. The molecule has 0 fully saturated rings. The van der Waals surface area contributed by atoms with E-state index in [9.17, 15) is 0 Å². The summed E-state index contributed by atoms with van der Waals surface area (Å²) in [6, 6.07) is 64.0. The third-order valence-corrected chi connectivity index (χ3v) is 9.17. The molecule has 0 aliphatic carbocycles. The predicted molar refractivity (Wildman–Crippen MR) is 192 cm³/mol. The van der Waals surface area contributed by atoms with E-state index in [1.54, 1.807) is 0 Å². The summed E-state index contributed by atoms with van der Waals surface area (Å²) in [5, 5.41) is 7.58. The Morgan fingerprint density at radius 3 is 1.47 bits per heavy atom. The van der Waals surface area contributed by atoms with Crippen LogP contribution < -0.4 is 0 Å². The molecule has 0 unspecified atom stereocenters. The second-order valence-corrected chi connectivity index (χ2v) is 11.7. The Morgan fingerprint density at radius 2 is 0.756 bits per heavy atom. The molecule has 9 rings (SSSR count). The number of benzene rings is 8. The van der Waals surface area contributed by atoms with E-state index in [0.29, 0.717) is 0 Å². The SMILES string of the molecule is c1ccc(-c2ccc3c(-c4ccccc4)c4ccccc4c(-c4ccc5c(c4)c4ccccc4n5-c4ccccc4)c3c2)cc1. The van der Waals surface area contributed by atoms with Crippen molar-refractivity contribution in [2.75, 3.05) is 0 Å². The van der Waals surface area contributed by atoms with Crippen molar-refractivity contribution in [1.29, 1.82) is 0 Å². The molecule has 0 saturated carbocycles. The first-order chi connectivity index (χ1) is 22.3. The van der Waals surface area contributed by atoms with Crippen molar-refractivity contribution >= 4 is 43.4 Å². The van der Waals surface area contributed by atoms with Crippen LogP contribution in [0.4, 0.5) is 0 Å². The molecular formula is C44H29N. The minimum atomic E-state index is 1.17. The predicted octanol–water partition coefficient (Wildman–Crippen LogP) is 12.1. The zero-order valence-corrected chi connectivity index (χ0v) is 24.7. The molecule has 8 aromatic carbocycles. The molecule has 0 radical (unpaired) electrons. The topological polar surface area (TPSA) is 4.93 Å². The van der Waals surface area contributed by atoms with Crippen LogP contribution in [0.2, 0.25) is 0 Å². The van der Waals surface area contributed by atoms with Crippen molar-refractivity contribution in [3.63, 3.8) is 0 Å². The van der Waals surface area contributed by atoms with Gasteiger partial charge in [-0.25, -0.2) is 0 Å². The Kier molecular flexibility index (Phi) is 5.89. The lowest BCUT2D eigenvalue weighted by Gasteiger charge is -2.19. The fraction of sp³-hybridized carbons (Fsp3) is 0. The molecule has 0 saturated heterocycles. The molecule has 0 aliphatic heterocycles. The number of aromatic nitrogens is 1. The molecule has 1 nitrogen and oxygen atoms in total. The zero-order chi connectivity index (χ0) is 29.7. The third-order valence-electron chi connectivity index (χ3n) is 9.17. The maximum Gasteiger partial charge on any atom is 0.0541 e. The first-order valence-corrected chi connectivity index (χ1v) is 15.5. The van der Waals surface area contributed by atoms with E-state index in [1.807, 2.05) is 0 Å². The Bertz CT molecular complexity index is 2510. The molecule has 9 aromatic rings. The van der Waals surface area contributed by atoms with Gasteiger partial charge in [-0.3, -0.25) is 0 Å². The van der Waals surface area contributed by atoms with Crippen LogP contribution in [0.15, 0.2) is 176 Å². The van der Waals surface area contributed by atoms with E-state index >= 15 is 0 Å². The Balaban J connectivity index is 1.40. The summed E-state index contributed by atoms with van der Waals surface area (Å²) in [6.45, 7) is 0. The second kappa shape index (κ2) is 10.4. The molecular weight excluding hydrogens is 542 g/mol. The van der Waals surface area contributed by atoms with Gasteiger partial charge in [0.05, 0.1) is 11.0 Å². The van der Waals surface area contributed by atoms with Gasteiger partial charge >= 0.3 is 0 Å². The monoisotopic (exact) mass is 571 g/mol. The van der Waals surface area contributed by atoms with E-state index in [1.165, 1.54) is 82.4 Å². The van der Waals surface area contributed by atoms with Gasteiger partial charge in [0.15, 0.2) is 0 Å². The highest BCUT2D eigenvalue weighted by Crippen LogP contribution is 2.46. The molecule has 0 bridgehead atoms. The summed E-state index contributed by atoms with van der Waals surface area (Å²) in [5.74, 6) is 0. The van der Waals surface area contributed by atoms with Crippen LogP contribution in [-0.4, -0.2) is 4.57 Å². The molecule has 0 spiro atoms. The highest BCUT2D eigenvalue weighted by molar-refractivity contribution is 6.23. The van der Waals surface area contributed by atoms with Gasteiger partial charge in [-0.2, -0.15) is 0 Å². The largest absolute Gasteiger partial charge is 0.309 e. The highest BCUT2D eigenvalue weighted by Gasteiger charge is 2.19. The lowest BCUT2D eigenvalue weighted by molar-refractivity contribution is 1.18. The maximum absolute atomic E-state index is 2.41. The molecule has 210 valence electrons. The van der Waals surface area contributed by atoms with Crippen molar-refractivity contribution in [3.05, 3.63) is 176 Å². The summed E-state index contributed by atoms with van der Waals surface area (Å²) in [4.78, 5) is 0. The summed E-state index contributed by atoms with van der Waals surface area (Å²) < 4.78 is 2.39. The number of para-hydroxylation sites is 2. The van der Waals surface area contributed by atoms with E-state index in [2.05, 4.69) is 180 Å². The zero-order valence-electron chi connectivity index (χ0n) is 24.7. The molecule has 0 atom stereocenters. The van der Waals surface area contributed by atoms with Gasteiger partial charge in [0.1, 0.15) is 0 Å². The molecule has 45 heavy (non-hydrogen) atoms. The number of nitrogens with zero attached hydrogens (tertiary/aromatic N) is 1. The average Bonchev–Trinajstić information content (AvgIpc) is 3.45. The van der Waals surface area contributed by atoms with E-state index < -0.39 is 0 Å². The van der Waals surface area contributed by atoms with Gasteiger partial charge in [-0.05, 0) is 91.3 Å². The van der Waals surface area contributed by atoms with Crippen LogP contribution in [0.3, 0.4) is 0 Å². The standard InChI is InChI=1S/C44H29N/c1-4-14-30(15-5-1)32-24-26-38-40(28-32)44(37-22-11-10-21-36(37)43(38)31-16-6-2-7-17-31)33-25-27-42-39(29-33)35-20-12-13-23-41(35)45(42)34-18-8-3-9-19-34/h1-29H. The van der Waals surface area contributed by atoms with Crippen LogP contribution in [0.25, 0.3) is 82.4 Å². The van der Waals surface area contributed by atoms with Crippen molar-refractivity contribution in [3.8, 4) is 39.1 Å². The molecule has 1 heteroatoms. The first kappa shape index (κ1) is 25.6. The Labute approximate surface area is 262 Å². The smallest absolute Gasteiger partial charge is 0.0541 e. The van der Waals surface area contributed by atoms with Crippen LogP contribution >= 0.6 is 0 Å². The van der Waals surface area contributed by atoms with E-state index in [-0.39, 0.29) is 0 Å². The van der Waals surface area contributed by atoms with Crippen molar-refractivity contribution in [2.45, 2.75) is 0 Å². The summed E-state index contributed by atoms with van der Waals surface area (Å²) in [6.07, 6.45) is 0. The van der Waals surface area contributed by atoms with Gasteiger partial charge in [0.25, 0.3) is 0 Å². The fourth-order valence-corrected chi connectivity index (χ4v) is 7.20. The number of hydrogen-bond donors (Lipinski definition) is 0. The summed E-state index contributed by atoms with van der Waals surface area (Å²) in [5.41, 5.74) is 11.1. The molecule has 1 aromatic heterocycles. The summed E-state index contributed by atoms with van der Waals surface area (Å²) >= 11 is 0. The lowest BCUT2D eigenvalue weighted by Crippen LogP contribution is -1.93. The van der Waals surface area contributed by atoms with E-state index in [4.69, 9.17) is 0 Å². The molecule has 0 aliphatic rings. The normalized spacial score (nSPS) is 11.6. The van der Waals surface area contributed by atoms with E-state index in [0.717, 1.165) is 0 Å². The van der Waals surface area contributed by atoms with Crippen LogP contribution in [-0.2, 0) is 0 Å². The average molecular weight is 572 g/mol. The van der Waals surface area contributed by atoms with Crippen molar-refractivity contribution in [1.82, 2.24) is 4.57 Å². The summed E-state index contributed by atoms with van der Waals surface area (Å²) in [7, 11) is 0. The Hall–Kier alpha value is -5.92. The lowest BCUT2D eigenvalue weighted by atomic mass is 9.84. The van der Waals surface area contributed by atoms with Crippen LogP contribution in [0.1, 0.15) is 0 Å². The number of fused-ring (bicyclic) bond motifs is 5. The van der Waals surface area contributed by atoms with Crippen LogP contribution in [0, 0.1) is 0 Å². The van der Waals surface area contributed by atoms with Gasteiger partial charge < -0.3 is 4.57 Å². The molecule has 1 heterocycles. The minimum absolute atomic E-state index is 1.17. The fourth-order valence-electron chi connectivity index (χ4n) is 7.20. The number of rotatable bonds is 4. The van der Waals surface area contributed by atoms with Gasteiger partial charge in [-0.15, -0.1) is 0 Å². The van der Waals surface area contributed by atoms with Gasteiger partial charge in [-0.1, -0.05) is 140 Å². The quantitative estimate of drug-likeness (QED) is 0.185. The van der Waals surface area contributed by atoms with Gasteiger partial charge in [0.2, 0.25) is 0 Å². The highest BCUT2D eigenvalue weighted by atomic mass is 15.0. The maximum atomic E-state index is 2.41. The Morgan fingerprint density at radius 1 is 0.267 bits per heavy atom. The van der Waals surface area contributed by atoms with Crippen molar-refractivity contribution < 1.29 is 0 Å². The number of hydrogen-bond acceptors (Lipinski definition) is 0. The van der Waals surface area contributed by atoms with Crippen molar-refractivity contribution in [2.24, 2.45) is 0 Å². The van der Waals surface area contributed by atoms with Gasteiger partial charge in [0, 0.05) is 16.5 Å². The first-order valence-electron chi connectivity index (χ1n) is 15.5. The third kappa shape index (κ3) is 4.09. The molecule has 0 amide bonds. The molecule has 0 N–H and O–H groups in total. The second-order valence-electron chi connectivity index (χ2n) is 11.7. The van der Waals surface area contributed by atoms with Crippen LogP contribution in [0.5, 0.6) is 0 Å².